The second-order valence-corrected chi connectivity index (χ2v) is 6.47. The van der Waals surface area contributed by atoms with Crippen LogP contribution in [0.4, 0.5) is 0 Å². The van der Waals surface area contributed by atoms with Crippen LogP contribution in [-0.2, 0) is 4.79 Å². The summed E-state index contributed by atoms with van der Waals surface area (Å²) in [6, 6.07) is 10.7. The lowest BCUT2D eigenvalue weighted by molar-refractivity contribution is -0.138. The Bertz CT molecular complexity index is 465. The van der Waals surface area contributed by atoms with Crippen LogP contribution < -0.4 is 0 Å². The Morgan fingerprint density at radius 3 is 2.48 bits per heavy atom. The Balaban J connectivity index is 1.57. The number of aliphatic hydroxyl groups is 1. The molecule has 0 aromatic heterocycles. The molecule has 3 heteroatoms. The fourth-order valence-electron chi connectivity index (χ4n) is 3.95. The van der Waals surface area contributed by atoms with Gasteiger partial charge in [-0.1, -0.05) is 30.3 Å². The van der Waals surface area contributed by atoms with Crippen LogP contribution in [0.5, 0.6) is 0 Å². The van der Waals surface area contributed by atoms with Crippen molar-refractivity contribution in [2.75, 3.05) is 13.2 Å². The molecule has 0 bridgehead atoms. The number of carbonyl (C=O) groups excluding carboxylic acids is 1. The van der Waals surface area contributed by atoms with Crippen molar-refractivity contribution in [2.24, 2.45) is 5.92 Å². The molecule has 0 radical (unpaired) electrons. The predicted octanol–water partition coefficient (Wildman–Crippen LogP) is 2.94. The molecule has 1 atom stereocenters. The zero-order valence-corrected chi connectivity index (χ0v) is 12.6. The summed E-state index contributed by atoms with van der Waals surface area (Å²) in [6.45, 7) is 0.952. The molecule has 1 saturated carbocycles. The van der Waals surface area contributed by atoms with Crippen LogP contribution >= 0.6 is 0 Å². The summed E-state index contributed by atoms with van der Waals surface area (Å²) in [6.07, 6.45) is 6.20. The second-order valence-electron chi connectivity index (χ2n) is 6.47. The van der Waals surface area contributed by atoms with Gasteiger partial charge in [0.2, 0.25) is 5.91 Å². The number of hydrogen-bond acceptors (Lipinski definition) is 2. The van der Waals surface area contributed by atoms with Crippen molar-refractivity contribution < 1.29 is 9.90 Å². The first-order valence-electron chi connectivity index (χ1n) is 8.26. The first kappa shape index (κ1) is 14.6. The molecule has 3 rings (SSSR count). The van der Waals surface area contributed by atoms with Crippen molar-refractivity contribution in [1.29, 1.82) is 0 Å². The van der Waals surface area contributed by atoms with Gasteiger partial charge in [0.15, 0.2) is 0 Å². The van der Waals surface area contributed by atoms with Crippen LogP contribution in [0, 0.1) is 5.92 Å². The summed E-state index contributed by atoms with van der Waals surface area (Å²) in [5.74, 6) is 1.08. The van der Waals surface area contributed by atoms with Gasteiger partial charge in [0.25, 0.3) is 0 Å². The molecule has 114 valence electrons. The molecule has 1 aromatic rings. The highest BCUT2D eigenvalue weighted by Gasteiger charge is 2.34. The fourth-order valence-corrected chi connectivity index (χ4v) is 3.95. The molecule has 1 heterocycles. The van der Waals surface area contributed by atoms with E-state index in [0.29, 0.717) is 5.92 Å². The van der Waals surface area contributed by atoms with E-state index in [4.69, 9.17) is 0 Å². The van der Waals surface area contributed by atoms with Crippen molar-refractivity contribution in [1.82, 2.24) is 4.90 Å². The van der Waals surface area contributed by atoms with Gasteiger partial charge in [-0.25, -0.2) is 0 Å². The van der Waals surface area contributed by atoms with Gasteiger partial charge < -0.3 is 10.0 Å². The van der Waals surface area contributed by atoms with Crippen molar-refractivity contribution in [2.45, 2.75) is 50.5 Å². The van der Waals surface area contributed by atoms with Crippen LogP contribution in [-0.4, -0.2) is 35.1 Å². The van der Waals surface area contributed by atoms with E-state index < -0.39 is 0 Å². The van der Waals surface area contributed by atoms with Gasteiger partial charge >= 0.3 is 0 Å². The molecule has 2 aliphatic rings. The Morgan fingerprint density at radius 1 is 1.10 bits per heavy atom. The van der Waals surface area contributed by atoms with Gasteiger partial charge in [0.1, 0.15) is 0 Å². The maximum Gasteiger partial charge on any atom is 0.226 e. The van der Waals surface area contributed by atoms with Gasteiger partial charge in [0.05, 0.1) is 12.6 Å². The number of nitrogens with zero attached hydrogens (tertiary/aromatic N) is 1. The lowest BCUT2D eigenvalue weighted by Crippen LogP contribution is -2.42. The highest BCUT2D eigenvalue weighted by atomic mass is 16.3. The Morgan fingerprint density at radius 2 is 1.81 bits per heavy atom. The average Bonchev–Trinajstić information content (AvgIpc) is 3.04. The van der Waals surface area contributed by atoms with Crippen LogP contribution in [0.25, 0.3) is 0 Å². The minimum absolute atomic E-state index is 0.0735. The molecular formula is C18H25NO2. The van der Waals surface area contributed by atoms with E-state index in [-0.39, 0.29) is 24.5 Å². The molecule has 1 aliphatic carbocycles. The van der Waals surface area contributed by atoms with E-state index in [0.717, 1.165) is 45.1 Å². The molecule has 1 saturated heterocycles. The van der Waals surface area contributed by atoms with Gasteiger partial charge in [-0.3, -0.25) is 4.79 Å². The summed E-state index contributed by atoms with van der Waals surface area (Å²) >= 11 is 0. The smallest absolute Gasteiger partial charge is 0.226 e. The number of amides is 1. The van der Waals surface area contributed by atoms with E-state index in [1.54, 1.807) is 0 Å². The molecule has 0 unspecified atom stereocenters. The van der Waals surface area contributed by atoms with Gasteiger partial charge in [-0.15, -0.1) is 0 Å². The van der Waals surface area contributed by atoms with E-state index in [1.165, 1.54) is 5.56 Å². The zero-order chi connectivity index (χ0) is 14.7. The number of carbonyl (C=O) groups is 1. The number of aliphatic hydroxyl groups excluding tert-OH is 1. The summed E-state index contributed by atoms with van der Waals surface area (Å²) in [4.78, 5) is 14.6. The first-order valence-corrected chi connectivity index (χ1v) is 8.26. The van der Waals surface area contributed by atoms with Crippen molar-refractivity contribution in [3.05, 3.63) is 35.9 Å². The lowest BCUT2D eigenvalue weighted by atomic mass is 9.78. The van der Waals surface area contributed by atoms with E-state index >= 15 is 0 Å². The normalized spacial score (nSPS) is 29.6. The fraction of sp³-hybridized carbons (Fsp3) is 0.611. The predicted molar refractivity (Wildman–Crippen MR) is 83.0 cm³/mol. The van der Waals surface area contributed by atoms with Crippen molar-refractivity contribution in [3.63, 3.8) is 0 Å². The third kappa shape index (κ3) is 3.13. The largest absolute Gasteiger partial charge is 0.394 e. The van der Waals surface area contributed by atoms with E-state index in [1.807, 2.05) is 4.90 Å². The topological polar surface area (TPSA) is 40.5 Å². The summed E-state index contributed by atoms with van der Waals surface area (Å²) in [5.41, 5.74) is 1.41. The number of likely N-dealkylation sites (tertiary alicyclic amines) is 1. The van der Waals surface area contributed by atoms with Crippen molar-refractivity contribution >= 4 is 5.91 Å². The van der Waals surface area contributed by atoms with Crippen LogP contribution in [0.2, 0.25) is 0 Å². The summed E-state index contributed by atoms with van der Waals surface area (Å²) in [7, 11) is 0. The molecule has 1 aromatic carbocycles. The molecule has 1 amide bonds. The third-order valence-electron chi connectivity index (χ3n) is 5.22. The minimum atomic E-state index is 0.0735. The number of rotatable bonds is 3. The highest BCUT2D eigenvalue weighted by Crippen LogP contribution is 2.37. The number of hydrogen-bond donors (Lipinski definition) is 1. The zero-order valence-electron chi connectivity index (χ0n) is 12.6. The monoisotopic (exact) mass is 287 g/mol. The maximum atomic E-state index is 12.6. The molecule has 1 N–H and O–H groups in total. The lowest BCUT2D eigenvalue weighted by Gasteiger charge is -2.32. The SMILES string of the molecule is O=C(C1CCC(c2ccccc2)CC1)N1CCC[C@@H]1CO. The third-order valence-corrected chi connectivity index (χ3v) is 5.22. The molecule has 2 fully saturated rings. The first-order chi connectivity index (χ1) is 10.3. The maximum absolute atomic E-state index is 12.6. The van der Waals surface area contributed by atoms with E-state index in [9.17, 15) is 9.90 Å². The van der Waals surface area contributed by atoms with Crippen LogP contribution in [0.15, 0.2) is 30.3 Å². The highest BCUT2D eigenvalue weighted by molar-refractivity contribution is 5.79. The molecule has 0 spiro atoms. The quantitative estimate of drug-likeness (QED) is 0.928. The average molecular weight is 287 g/mol. The van der Waals surface area contributed by atoms with Crippen LogP contribution in [0.1, 0.15) is 50.0 Å². The van der Waals surface area contributed by atoms with Gasteiger partial charge in [-0.2, -0.15) is 0 Å². The number of benzene rings is 1. The molecule has 1 aliphatic heterocycles. The van der Waals surface area contributed by atoms with Crippen molar-refractivity contribution in [3.8, 4) is 0 Å². The Kier molecular flexibility index (Phi) is 4.59. The summed E-state index contributed by atoms with van der Waals surface area (Å²) in [5, 5.41) is 9.38. The molecular weight excluding hydrogens is 262 g/mol. The minimum Gasteiger partial charge on any atom is -0.394 e. The Labute approximate surface area is 127 Å². The van der Waals surface area contributed by atoms with Gasteiger partial charge in [-0.05, 0) is 50.0 Å². The Hall–Kier alpha value is -1.35. The van der Waals surface area contributed by atoms with Crippen LogP contribution in [0.3, 0.4) is 0 Å². The summed E-state index contributed by atoms with van der Waals surface area (Å²) < 4.78 is 0. The van der Waals surface area contributed by atoms with Gasteiger partial charge in [0, 0.05) is 12.5 Å². The second kappa shape index (κ2) is 6.61. The molecule has 21 heavy (non-hydrogen) atoms. The van der Waals surface area contributed by atoms with E-state index in [2.05, 4.69) is 30.3 Å². The molecule has 3 nitrogen and oxygen atoms in total. The standard InChI is InChI=1S/C18H25NO2/c20-13-17-7-4-12-19(17)18(21)16-10-8-15(9-11-16)14-5-2-1-3-6-14/h1-3,5-6,15-17,20H,4,7-13H2/t15?,16?,17-/m1/s1.